The first-order valence-electron chi connectivity index (χ1n) is 8.71. The van der Waals surface area contributed by atoms with Crippen LogP contribution in [0, 0.1) is 0 Å². The van der Waals surface area contributed by atoms with Crippen molar-refractivity contribution in [3.8, 4) is 0 Å². The van der Waals surface area contributed by atoms with Gasteiger partial charge in [-0.05, 0) is 29.8 Å². The number of aromatic nitrogens is 2. The number of hydrogen-bond acceptors (Lipinski definition) is 3. The Morgan fingerprint density at radius 3 is 2.58 bits per heavy atom. The average Bonchev–Trinajstić information content (AvgIpc) is 3.04. The van der Waals surface area contributed by atoms with E-state index >= 15 is 0 Å². The molecule has 0 saturated carbocycles. The summed E-state index contributed by atoms with van der Waals surface area (Å²) in [6, 6.07) is 14.1. The molecule has 6 heteroatoms. The molecule has 0 bridgehead atoms. The molecule has 1 N–H and O–H groups in total. The molecule has 6 nitrogen and oxygen atoms in total. The highest BCUT2D eigenvalue weighted by molar-refractivity contribution is 5.73. The molecule has 0 aliphatic rings. The third-order valence-corrected chi connectivity index (χ3v) is 4.29. The molecular weight excluding hydrogens is 326 g/mol. The number of carbonyl (C=O) groups is 1. The van der Waals surface area contributed by atoms with Crippen molar-refractivity contribution in [1.29, 1.82) is 0 Å². The second-order valence-corrected chi connectivity index (χ2v) is 6.60. The van der Waals surface area contributed by atoms with E-state index in [0.29, 0.717) is 19.5 Å². The highest BCUT2D eigenvalue weighted by Crippen LogP contribution is 2.13. The van der Waals surface area contributed by atoms with Crippen LogP contribution in [0.3, 0.4) is 0 Å². The molecule has 2 amide bonds. The minimum atomic E-state index is -0.0783. The zero-order valence-corrected chi connectivity index (χ0v) is 15.5. The van der Waals surface area contributed by atoms with Crippen LogP contribution in [0.4, 0.5) is 10.5 Å². The lowest BCUT2D eigenvalue weighted by atomic mass is 10.2. The zero-order chi connectivity index (χ0) is 18.5. The summed E-state index contributed by atoms with van der Waals surface area (Å²) in [7, 11) is 5.83. The summed E-state index contributed by atoms with van der Waals surface area (Å²) in [5, 5.41) is 2.95. The van der Waals surface area contributed by atoms with E-state index < -0.39 is 0 Å². The Labute approximate surface area is 154 Å². The number of nitrogens with one attached hydrogen (secondary N) is 1. The Morgan fingerprint density at radius 1 is 1.12 bits per heavy atom. The molecule has 0 radical (unpaired) electrons. The van der Waals surface area contributed by atoms with Gasteiger partial charge < -0.3 is 19.5 Å². The average molecular weight is 351 g/mol. The monoisotopic (exact) mass is 351 g/mol. The number of pyridine rings is 1. The van der Waals surface area contributed by atoms with Crippen LogP contribution in [0.1, 0.15) is 11.3 Å². The normalized spacial score (nSPS) is 10.7. The van der Waals surface area contributed by atoms with Crippen molar-refractivity contribution in [2.45, 2.75) is 13.0 Å². The SMILES string of the molecule is CN(Cc1ccc(N(C)C)cc1)C(=O)NCCc1cn2ccccc2n1. The van der Waals surface area contributed by atoms with Crippen LogP contribution < -0.4 is 10.2 Å². The van der Waals surface area contributed by atoms with Crippen molar-refractivity contribution >= 4 is 17.4 Å². The molecule has 1 aromatic carbocycles. The smallest absolute Gasteiger partial charge is 0.317 e. The van der Waals surface area contributed by atoms with Crippen LogP contribution in [0.2, 0.25) is 0 Å². The first kappa shape index (κ1) is 17.8. The van der Waals surface area contributed by atoms with Gasteiger partial charge in [-0.15, -0.1) is 0 Å². The Kier molecular flexibility index (Phi) is 5.41. The van der Waals surface area contributed by atoms with Crippen molar-refractivity contribution in [3.63, 3.8) is 0 Å². The van der Waals surface area contributed by atoms with E-state index in [1.54, 1.807) is 11.9 Å². The van der Waals surface area contributed by atoms with E-state index in [4.69, 9.17) is 0 Å². The maximum Gasteiger partial charge on any atom is 0.317 e. The largest absolute Gasteiger partial charge is 0.378 e. The summed E-state index contributed by atoms with van der Waals surface area (Å²) in [5.74, 6) is 0. The lowest BCUT2D eigenvalue weighted by Gasteiger charge is -2.19. The quantitative estimate of drug-likeness (QED) is 0.743. The third kappa shape index (κ3) is 4.33. The number of nitrogens with zero attached hydrogens (tertiary/aromatic N) is 4. The van der Waals surface area contributed by atoms with E-state index in [1.807, 2.05) is 49.1 Å². The molecule has 0 aliphatic carbocycles. The molecule has 2 heterocycles. The number of anilines is 1. The van der Waals surface area contributed by atoms with Gasteiger partial charge in [0, 0.05) is 58.7 Å². The molecule has 0 fully saturated rings. The van der Waals surface area contributed by atoms with E-state index in [-0.39, 0.29) is 6.03 Å². The van der Waals surface area contributed by atoms with Gasteiger partial charge in [0.05, 0.1) is 5.69 Å². The summed E-state index contributed by atoms with van der Waals surface area (Å²) in [6.45, 7) is 1.14. The van der Waals surface area contributed by atoms with Crippen LogP contribution in [0.25, 0.3) is 5.65 Å². The molecule has 0 unspecified atom stereocenters. The van der Waals surface area contributed by atoms with Crippen LogP contribution in [-0.4, -0.2) is 48.0 Å². The molecule has 0 saturated heterocycles. The van der Waals surface area contributed by atoms with Gasteiger partial charge in [0.15, 0.2) is 0 Å². The third-order valence-electron chi connectivity index (χ3n) is 4.29. The predicted molar refractivity (Wildman–Crippen MR) is 105 cm³/mol. The van der Waals surface area contributed by atoms with Crippen LogP contribution >= 0.6 is 0 Å². The fourth-order valence-corrected chi connectivity index (χ4v) is 2.79. The maximum absolute atomic E-state index is 12.3. The first-order valence-corrected chi connectivity index (χ1v) is 8.71. The number of benzene rings is 1. The van der Waals surface area contributed by atoms with E-state index in [9.17, 15) is 4.79 Å². The highest BCUT2D eigenvalue weighted by atomic mass is 16.2. The minimum absolute atomic E-state index is 0.0783. The molecule has 26 heavy (non-hydrogen) atoms. The Morgan fingerprint density at radius 2 is 1.88 bits per heavy atom. The Balaban J connectivity index is 1.47. The van der Waals surface area contributed by atoms with Gasteiger partial charge >= 0.3 is 6.03 Å². The maximum atomic E-state index is 12.3. The highest BCUT2D eigenvalue weighted by Gasteiger charge is 2.09. The van der Waals surface area contributed by atoms with Gasteiger partial charge in [-0.3, -0.25) is 0 Å². The van der Waals surface area contributed by atoms with Crippen molar-refractivity contribution < 1.29 is 4.79 Å². The molecule has 2 aromatic heterocycles. The summed E-state index contributed by atoms with van der Waals surface area (Å²) < 4.78 is 1.99. The topological polar surface area (TPSA) is 52.9 Å². The van der Waals surface area contributed by atoms with E-state index in [2.05, 4.69) is 39.5 Å². The Bertz CT molecular complexity index is 836. The second kappa shape index (κ2) is 7.91. The zero-order valence-electron chi connectivity index (χ0n) is 15.5. The molecular formula is C20H25N5O. The molecule has 0 aliphatic heterocycles. The molecule has 0 spiro atoms. The van der Waals surface area contributed by atoms with Gasteiger partial charge in [-0.2, -0.15) is 0 Å². The summed E-state index contributed by atoms with van der Waals surface area (Å²) in [4.78, 5) is 20.5. The van der Waals surface area contributed by atoms with Gasteiger partial charge in [0.25, 0.3) is 0 Å². The predicted octanol–water partition coefficient (Wildman–Crippen LogP) is 2.78. The fraction of sp³-hybridized carbons (Fsp3) is 0.300. The molecule has 3 aromatic rings. The lowest BCUT2D eigenvalue weighted by molar-refractivity contribution is 0.207. The molecule has 0 atom stereocenters. The molecule has 3 rings (SSSR count). The first-order chi connectivity index (χ1) is 12.5. The number of rotatable bonds is 6. The van der Waals surface area contributed by atoms with Crippen molar-refractivity contribution in [2.75, 3.05) is 32.6 Å². The number of hydrogen-bond donors (Lipinski definition) is 1. The number of carbonyl (C=O) groups excluding carboxylic acids is 1. The standard InChI is InChI=1S/C20H25N5O/c1-23(2)18-9-7-16(8-10-18)14-24(3)20(26)21-12-11-17-15-25-13-5-4-6-19(25)22-17/h4-10,13,15H,11-12,14H2,1-3H3,(H,21,26). The van der Waals surface area contributed by atoms with Crippen LogP contribution in [0.5, 0.6) is 0 Å². The van der Waals surface area contributed by atoms with Crippen LogP contribution in [-0.2, 0) is 13.0 Å². The molecule has 136 valence electrons. The number of fused-ring (bicyclic) bond motifs is 1. The van der Waals surface area contributed by atoms with Crippen molar-refractivity contribution in [2.24, 2.45) is 0 Å². The van der Waals surface area contributed by atoms with Crippen molar-refractivity contribution in [3.05, 3.63) is 66.1 Å². The van der Waals surface area contributed by atoms with Crippen molar-refractivity contribution in [1.82, 2.24) is 19.6 Å². The number of imidazole rings is 1. The van der Waals surface area contributed by atoms with E-state index in [1.165, 1.54) is 0 Å². The Hall–Kier alpha value is -3.02. The summed E-state index contributed by atoms with van der Waals surface area (Å²) in [6.07, 6.45) is 4.68. The van der Waals surface area contributed by atoms with Gasteiger partial charge in [-0.25, -0.2) is 9.78 Å². The van der Waals surface area contributed by atoms with Gasteiger partial charge in [-0.1, -0.05) is 18.2 Å². The van der Waals surface area contributed by atoms with Gasteiger partial charge in [0.1, 0.15) is 5.65 Å². The number of amides is 2. The fourth-order valence-electron chi connectivity index (χ4n) is 2.79. The van der Waals surface area contributed by atoms with E-state index in [0.717, 1.165) is 22.6 Å². The second-order valence-electron chi connectivity index (χ2n) is 6.60. The van der Waals surface area contributed by atoms with Gasteiger partial charge in [0.2, 0.25) is 0 Å². The summed E-state index contributed by atoms with van der Waals surface area (Å²) in [5.41, 5.74) is 4.15. The van der Waals surface area contributed by atoms with Crippen LogP contribution in [0.15, 0.2) is 54.9 Å². The minimum Gasteiger partial charge on any atom is -0.378 e. The number of urea groups is 1. The summed E-state index contributed by atoms with van der Waals surface area (Å²) >= 11 is 0. The lowest BCUT2D eigenvalue weighted by Crippen LogP contribution is -2.37.